The number of esters is 1. The first-order valence-electron chi connectivity index (χ1n) is 9.07. The Bertz CT molecular complexity index is 818. The van der Waals surface area contributed by atoms with E-state index in [1.54, 1.807) is 12.1 Å². The summed E-state index contributed by atoms with van der Waals surface area (Å²) in [4.78, 5) is 11.8. The molecule has 0 atom stereocenters. The van der Waals surface area contributed by atoms with Gasteiger partial charge in [-0.15, -0.1) is 0 Å². The molecule has 0 saturated heterocycles. The van der Waals surface area contributed by atoms with Gasteiger partial charge in [0.25, 0.3) is 0 Å². The van der Waals surface area contributed by atoms with Crippen molar-refractivity contribution >= 4 is 11.8 Å². The van der Waals surface area contributed by atoms with Crippen molar-refractivity contribution < 1.29 is 22.7 Å². The summed E-state index contributed by atoms with van der Waals surface area (Å²) in [5.41, 5.74) is 1.09. The van der Waals surface area contributed by atoms with Gasteiger partial charge in [-0.2, -0.15) is 4.39 Å². The molecule has 2 aromatic carbocycles. The first-order valence-corrected chi connectivity index (χ1v) is 9.07. The Labute approximate surface area is 156 Å². The van der Waals surface area contributed by atoms with Crippen LogP contribution in [0.25, 0.3) is 5.83 Å². The smallest absolute Gasteiger partial charge is 0.375 e. The first kappa shape index (κ1) is 19.2. The normalized spacial score (nSPS) is 20.7. The van der Waals surface area contributed by atoms with Gasteiger partial charge in [0.1, 0.15) is 11.6 Å². The lowest BCUT2D eigenvalue weighted by molar-refractivity contribution is -0.131. The van der Waals surface area contributed by atoms with E-state index in [2.05, 4.69) is 6.92 Å². The van der Waals surface area contributed by atoms with Gasteiger partial charge < -0.3 is 4.74 Å². The average molecular weight is 374 g/mol. The number of ether oxygens (including phenoxy) is 1. The predicted molar refractivity (Wildman–Crippen MR) is 98.0 cm³/mol. The summed E-state index contributed by atoms with van der Waals surface area (Å²) in [6, 6.07) is 11.0. The molecule has 0 N–H and O–H groups in total. The summed E-state index contributed by atoms with van der Waals surface area (Å²) >= 11 is 0. The largest absolute Gasteiger partial charge is 0.421 e. The molecule has 0 aromatic heterocycles. The van der Waals surface area contributed by atoms with E-state index < -0.39 is 23.4 Å². The van der Waals surface area contributed by atoms with E-state index in [4.69, 9.17) is 4.74 Å². The maximum atomic E-state index is 14.3. The van der Waals surface area contributed by atoms with Crippen LogP contribution in [0.5, 0.6) is 5.75 Å². The number of rotatable bonds is 4. The standard InChI is InChI=1S/C22H21F3O2/c1-14-2-4-15(5-3-14)16-6-8-17(9-7-16)20(24)21(25)22(26)27-19-12-10-18(23)11-13-19/h6-15H,2-5H2,1H3/b21-20+. The van der Waals surface area contributed by atoms with Crippen molar-refractivity contribution in [3.8, 4) is 5.75 Å². The SMILES string of the molecule is CC1CCC(c2ccc(/C(F)=C(\F)C(=O)Oc3ccc(F)cc3)cc2)CC1. The van der Waals surface area contributed by atoms with Gasteiger partial charge in [0.15, 0.2) is 5.83 Å². The summed E-state index contributed by atoms with van der Waals surface area (Å²) in [6.45, 7) is 2.24. The first-order chi connectivity index (χ1) is 12.9. The van der Waals surface area contributed by atoms with E-state index in [1.165, 1.54) is 25.0 Å². The van der Waals surface area contributed by atoms with Gasteiger partial charge in [-0.05, 0) is 54.5 Å². The molecule has 0 amide bonds. The quantitative estimate of drug-likeness (QED) is 0.355. The van der Waals surface area contributed by atoms with Crippen molar-refractivity contribution in [2.24, 2.45) is 5.92 Å². The Morgan fingerprint density at radius 2 is 1.52 bits per heavy atom. The maximum Gasteiger partial charge on any atom is 0.375 e. The van der Waals surface area contributed by atoms with Crippen LogP contribution < -0.4 is 4.74 Å². The van der Waals surface area contributed by atoms with Gasteiger partial charge in [-0.3, -0.25) is 0 Å². The zero-order valence-electron chi connectivity index (χ0n) is 15.1. The number of benzene rings is 2. The number of carbonyl (C=O) groups is 1. The van der Waals surface area contributed by atoms with Crippen LogP contribution >= 0.6 is 0 Å². The fourth-order valence-electron chi connectivity index (χ4n) is 3.37. The molecule has 1 saturated carbocycles. The van der Waals surface area contributed by atoms with Gasteiger partial charge in [0.05, 0.1) is 0 Å². The molecule has 0 radical (unpaired) electrons. The van der Waals surface area contributed by atoms with Crippen molar-refractivity contribution in [2.45, 2.75) is 38.5 Å². The highest BCUT2D eigenvalue weighted by Gasteiger charge is 2.22. The molecule has 3 rings (SSSR count). The highest BCUT2D eigenvalue weighted by atomic mass is 19.2. The molecule has 1 fully saturated rings. The molecule has 0 bridgehead atoms. The van der Waals surface area contributed by atoms with Gasteiger partial charge in [-0.1, -0.05) is 44.0 Å². The molecule has 142 valence electrons. The summed E-state index contributed by atoms with van der Waals surface area (Å²) in [5.74, 6) is -3.75. The van der Waals surface area contributed by atoms with Crippen molar-refractivity contribution in [3.05, 3.63) is 71.3 Å². The van der Waals surface area contributed by atoms with Crippen molar-refractivity contribution in [1.82, 2.24) is 0 Å². The molecule has 2 nitrogen and oxygen atoms in total. The topological polar surface area (TPSA) is 26.3 Å². The molecule has 0 spiro atoms. The Kier molecular flexibility index (Phi) is 5.99. The number of hydrogen-bond acceptors (Lipinski definition) is 2. The third kappa shape index (κ3) is 4.79. The summed E-state index contributed by atoms with van der Waals surface area (Å²) in [6.07, 6.45) is 4.53. The van der Waals surface area contributed by atoms with E-state index in [0.29, 0.717) is 5.92 Å². The van der Waals surface area contributed by atoms with E-state index in [1.807, 2.05) is 0 Å². The predicted octanol–water partition coefficient (Wildman–Crippen LogP) is 6.33. The lowest BCUT2D eigenvalue weighted by Gasteiger charge is -2.26. The second-order valence-corrected chi connectivity index (χ2v) is 7.05. The maximum absolute atomic E-state index is 14.3. The van der Waals surface area contributed by atoms with Gasteiger partial charge in [0, 0.05) is 5.56 Å². The van der Waals surface area contributed by atoms with Gasteiger partial charge in [0.2, 0.25) is 5.83 Å². The van der Waals surface area contributed by atoms with Crippen LogP contribution in [0.4, 0.5) is 13.2 Å². The van der Waals surface area contributed by atoms with Crippen molar-refractivity contribution in [2.75, 3.05) is 0 Å². The average Bonchev–Trinajstić information content (AvgIpc) is 2.69. The fourth-order valence-corrected chi connectivity index (χ4v) is 3.37. The Balaban J connectivity index is 1.70. The number of halogens is 3. The molecular formula is C22H21F3O2. The second-order valence-electron chi connectivity index (χ2n) is 7.05. The van der Waals surface area contributed by atoms with Crippen molar-refractivity contribution in [1.29, 1.82) is 0 Å². The Morgan fingerprint density at radius 3 is 2.11 bits per heavy atom. The second kappa shape index (κ2) is 8.42. The van der Waals surface area contributed by atoms with E-state index in [0.717, 1.165) is 48.6 Å². The van der Waals surface area contributed by atoms with Crippen LogP contribution in [-0.2, 0) is 4.79 Å². The molecule has 0 aliphatic heterocycles. The molecule has 0 unspecified atom stereocenters. The fraction of sp³-hybridized carbons (Fsp3) is 0.318. The van der Waals surface area contributed by atoms with E-state index >= 15 is 0 Å². The summed E-state index contributed by atoms with van der Waals surface area (Å²) in [7, 11) is 0. The van der Waals surface area contributed by atoms with E-state index in [9.17, 15) is 18.0 Å². The number of carbonyl (C=O) groups excluding carboxylic acids is 1. The molecule has 0 heterocycles. The Morgan fingerprint density at radius 1 is 0.926 bits per heavy atom. The lowest BCUT2D eigenvalue weighted by atomic mass is 9.79. The summed E-state index contributed by atoms with van der Waals surface area (Å²) < 4.78 is 46.0. The molecule has 1 aliphatic carbocycles. The number of hydrogen-bond donors (Lipinski definition) is 0. The van der Waals surface area contributed by atoms with Crippen LogP contribution in [-0.4, -0.2) is 5.97 Å². The molecule has 5 heteroatoms. The monoisotopic (exact) mass is 374 g/mol. The van der Waals surface area contributed by atoms with Gasteiger partial charge >= 0.3 is 5.97 Å². The van der Waals surface area contributed by atoms with Crippen LogP contribution in [0.1, 0.15) is 49.7 Å². The van der Waals surface area contributed by atoms with Gasteiger partial charge in [-0.25, -0.2) is 13.6 Å². The zero-order chi connectivity index (χ0) is 19.4. The van der Waals surface area contributed by atoms with Crippen LogP contribution in [0.2, 0.25) is 0 Å². The zero-order valence-corrected chi connectivity index (χ0v) is 15.1. The minimum absolute atomic E-state index is 0.0171. The minimum atomic E-state index is -1.61. The minimum Gasteiger partial charge on any atom is -0.421 e. The molecule has 1 aliphatic rings. The highest BCUT2D eigenvalue weighted by Crippen LogP contribution is 2.36. The third-order valence-electron chi connectivity index (χ3n) is 5.05. The third-order valence-corrected chi connectivity index (χ3v) is 5.05. The van der Waals surface area contributed by atoms with Crippen LogP contribution in [0.3, 0.4) is 0 Å². The molecule has 2 aromatic rings. The van der Waals surface area contributed by atoms with E-state index in [-0.39, 0.29) is 11.3 Å². The highest BCUT2D eigenvalue weighted by molar-refractivity contribution is 5.94. The van der Waals surface area contributed by atoms with Crippen molar-refractivity contribution in [3.63, 3.8) is 0 Å². The van der Waals surface area contributed by atoms with Crippen LogP contribution in [0, 0.1) is 11.7 Å². The Hall–Kier alpha value is -2.56. The lowest BCUT2D eigenvalue weighted by Crippen LogP contribution is -2.11. The summed E-state index contributed by atoms with van der Waals surface area (Å²) in [5, 5.41) is 0. The van der Waals surface area contributed by atoms with Crippen LogP contribution in [0.15, 0.2) is 54.4 Å². The molecular weight excluding hydrogens is 353 g/mol. The molecule has 27 heavy (non-hydrogen) atoms.